The highest BCUT2D eigenvalue weighted by molar-refractivity contribution is 5.74. The number of halogens is 2. The molecule has 0 amide bonds. The van der Waals surface area contributed by atoms with Crippen molar-refractivity contribution in [2.45, 2.75) is 5.60 Å². The van der Waals surface area contributed by atoms with Crippen molar-refractivity contribution >= 4 is 5.57 Å². The average molecular weight is 326 g/mol. The SMILES string of the molecule is C=C(c1ccc(-n2cncn2)nc1)C1(c2ccc(F)cc2F)CO1. The normalized spacial score (nSPS) is 19.2. The van der Waals surface area contributed by atoms with Crippen LogP contribution in [0.2, 0.25) is 0 Å². The van der Waals surface area contributed by atoms with E-state index in [1.54, 1.807) is 18.3 Å². The van der Waals surface area contributed by atoms with Crippen molar-refractivity contribution in [2.75, 3.05) is 6.61 Å². The molecule has 1 aliphatic heterocycles. The Hall–Kier alpha value is -2.93. The Balaban J connectivity index is 1.66. The predicted molar refractivity (Wildman–Crippen MR) is 82.2 cm³/mol. The number of nitrogens with zero attached hydrogens (tertiary/aromatic N) is 4. The lowest BCUT2D eigenvalue weighted by atomic mass is 9.88. The molecule has 2 aromatic heterocycles. The second kappa shape index (κ2) is 5.31. The van der Waals surface area contributed by atoms with Gasteiger partial charge in [0.2, 0.25) is 0 Å². The van der Waals surface area contributed by atoms with Gasteiger partial charge in [-0.25, -0.2) is 23.4 Å². The Morgan fingerprint density at radius 2 is 2.08 bits per heavy atom. The second-order valence-corrected chi connectivity index (χ2v) is 5.46. The molecule has 0 spiro atoms. The fourth-order valence-corrected chi connectivity index (χ4v) is 2.64. The first-order valence-corrected chi connectivity index (χ1v) is 7.20. The van der Waals surface area contributed by atoms with E-state index in [0.29, 0.717) is 23.6 Å². The smallest absolute Gasteiger partial charge is 0.155 e. The molecule has 24 heavy (non-hydrogen) atoms. The molecule has 0 N–H and O–H groups in total. The van der Waals surface area contributed by atoms with Gasteiger partial charge in [-0.15, -0.1) is 0 Å². The number of benzene rings is 1. The Bertz CT molecular complexity index is 903. The Morgan fingerprint density at radius 1 is 1.25 bits per heavy atom. The molecule has 1 unspecified atom stereocenters. The van der Waals surface area contributed by atoms with Crippen molar-refractivity contribution in [3.8, 4) is 5.82 Å². The van der Waals surface area contributed by atoms with Gasteiger partial charge in [-0.2, -0.15) is 5.10 Å². The van der Waals surface area contributed by atoms with Gasteiger partial charge in [-0.1, -0.05) is 6.58 Å². The van der Waals surface area contributed by atoms with Crippen molar-refractivity contribution in [1.29, 1.82) is 0 Å². The maximum atomic E-state index is 14.1. The van der Waals surface area contributed by atoms with Gasteiger partial charge in [0.05, 0.1) is 6.61 Å². The molecule has 0 radical (unpaired) electrons. The van der Waals surface area contributed by atoms with Crippen LogP contribution >= 0.6 is 0 Å². The fraction of sp³-hybridized carbons (Fsp3) is 0.118. The van der Waals surface area contributed by atoms with Crippen LogP contribution in [0, 0.1) is 11.6 Å². The van der Waals surface area contributed by atoms with Gasteiger partial charge < -0.3 is 4.74 Å². The highest BCUT2D eigenvalue weighted by atomic mass is 19.1. The lowest BCUT2D eigenvalue weighted by molar-refractivity contribution is 0.357. The molecule has 1 aromatic carbocycles. The third kappa shape index (κ3) is 2.30. The zero-order valence-electron chi connectivity index (χ0n) is 12.5. The summed E-state index contributed by atoms with van der Waals surface area (Å²) in [6.45, 7) is 4.32. The average Bonchev–Trinajstić information content (AvgIpc) is 3.19. The van der Waals surface area contributed by atoms with Crippen molar-refractivity contribution in [3.05, 3.63) is 78.5 Å². The van der Waals surface area contributed by atoms with Crippen molar-refractivity contribution in [2.24, 2.45) is 0 Å². The first kappa shape index (κ1) is 14.6. The molecule has 0 saturated carbocycles. The number of hydrogen-bond donors (Lipinski definition) is 0. The van der Waals surface area contributed by atoms with Gasteiger partial charge in [0.1, 0.15) is 29.9 Å². The van der Waals surface area contributed by atoms with Crippen LogP contribution in [-0.4, -0.2) is 26.4 Å². The first-order chi connectivity index (χ1) is 11.6. The number of rotatable bonds is 4. The summed E-state index contributed by atoms with van der Waals surface area (Å²) in [6.07, 6.45) is 4.57. The second-order valence-electron chi connectivity index (χ2n) is 5.46. The predicted octanol–water partition coefficient (Wildman–Crippen LogP) is 2.88. The highest BCUT2D eigenvalue weighted by Crippen LogP contribution is 2.49. The van der Waals surface area contributed by atoms with Crippen LogP contribution in [0.3, 0.4) is 0 Å². The Labute approximate surface area is 136 Å². The minimum absolute atomic E-state index is 0.272. The molecule has 3 heterocycles. The maximum absolute atomic E-state index is 14.1. The summed E-state index contributed by atoms with van der Waals surface area (Å²) in [5.41, 5.74) is 0.591. The maximum Gasteiger partial charge on any atom is 0.155 e. The molecule has 120 valence electrons. The minimum Gasteiger partial charge on any atom is -0.359 e. The van der Waals surface area contributed by atoms with Gasteiger partial charge >= 0.3 is 0 Å². The molecule has 5 nitrogen and oxygen atoms in total. The fourth-order valence-electron chi connectivity index (χ4n) is 2.64. The van der Waals surface area contributed by atoms with Gasteiger partial charge in [0.15, 0.2) is 5.82 Å². The van der Waals surface area contributed by atoms with Crippen LogP contribution in [-0.2, 0) is 10.3 Å². The van der Waals surface area contributed by atoms with E-state index in [1.807, 2.05) is 0 Å². The van der Waals surface area contributed by atoms with E-state index in [-0.39, 0.29) is 5.56 Å². The van der Waals surface area contributed by atoms with E-state index in [0.717, 1.165) is 6.07 Å². The quantitative estimate of drug-likeness (QED) is 0.692. The van der Waals surface area contributed by atoms with Gasteiger partial charge in [0, 0.05) is 17.8 Å². The summed E-state index contributed by atoms with van der Waals surface area (Å²) in [5.74, 6) is -0.680. The minimum atomic E-state index is -0.964. The molecule has 0 aliphatic carbocycles. The molecular weight excluding hydrogens is 314 g/mol. The van der Waals surface area contributed by atoms with Crippen molar-refractivity contribution < 1.29 is 13.5 Å². The van der Waals surface area contributed by atoms with Crippen LogP contribution in [0.25, 0.3) is 11.4 Å². The van der Waals surface area contributed by atoms with Crippen molar-refractivity contribution in [1.82, 2.24) is 19.7 Å². The topological polar surface area (TPSA) is 56.1 Å². The van der Waals surface area contributed by atoms with Crippen LogP contribution in [0.5, 0.6) is 0 Å². The van der Waals surface area contributed by atoms with Gasteiger partial charge in [-0.3, -0.25) is 0 Å². The molecule has 1 aliphatic rings. The summed E-state index contributed by atoms with van der Waals surface area (Å²) in [7, 11) is 0. The van der Waals surface area contributed by atoms with E-state index in [2.05, 4.69) is 21.6 Å². The van der Waals surface area contributed by atoms with E-state index in [1.165, 1.54) is 29.5 Å². The molecular formula is C17H12F2N4O. The van der Waals surface area contributed by atoms with E-state index in [9.17, 15) is 8.78 Å². The number of pyridine rings is 1. The molecule has 4 rings (SSSR count). The van der Waals surface area contributed by atoms with E-state index >= 15 is 0 Å². The molecule has 1 atom stereocenters. The zero-order valence-corrected chi connectivity index (χ0v) is 12.5. The monoisotopic (exact) mass is 326 g/mol. The summed E-state index contributed by atoms with van der Waals surface area (Å²) >= 11 is 0. The summed E-state index contributed by atoms with van der Waals surface area (Å²) in [4.78, 5) is 8.17. The molecule has 1 fully saturated rings. The lowest BCUT2D eigenvalue weighted by Crippen LogP contribution is -2.14. The van der Waals surface area contributed by atoms with E-state index < -0.39 is 17.2 Å². The summed E-state index contributed by atoms with van der Waals surface area (Å²) < 4.78 is 34.3. The molecule has 0 bridgehead atoms. The lowest BCUT2D eigenvalue weighted by Gasteiger charge is -2.16. The third-order valence-corrected chi connectivity index (χ3v) is 4.04. The summed E-state index contributed by atoms with van der Waals surface area (Å²) in [6, 6.07) is 7.00. The largest absolute Gasteiger partial charge is 0.359 e. The number of aromatic nitrogens is 4. The number of ether oxygens (including phenoxy) is 1. The number of epoxide rings is 1. The Kier molecular flexibility index (Phi) is 3.24. The molecule has 3 aromatic rings. The standard InChI is InChI=1S/C17H12F2N4O/c1-11(12-2-5-16(21-7-12)23-10-20-9-22-23)17(8-24-17)14-4-3-13(18)6-15(14)19/h2-7,9-10H,1,8H2. The Morgan fingerprint density at radius 3 is 2.67 bits per heavy atom. The first-order valence-electron chi connectivity index (χ1n) is 7.20. The van der Waals surface area contributed by atoms with Crippen LogP contribution < -0.4 is 0 Å². The highest BCUT2D eigenvalue weighted by Gasteiger charge is 2.51. The zero-order chi connectivity index (χ0) is 16.7. The van der Waals surface area contributed by atoms with Gasteiger partial charge in [-0.05, 0) is 35.4 Å². The van der Waals surface area contributed by atoms with Crippen LogP contribution in [0.4, 0.5) is 8.78 Å². The van der Waals surface area contributed by atoms with Crippen LogP contribution in [0.15, 0.2) is 55.8 Å². The van der Waals surface area contributed by atoms with Crippen molar-refractivity contribution in [3.63, 3.8) is 0 Å². The van der Waals surface area contributed by atoms with Crippen LogP contribution in [0.1, 0.15) is 11.1 Å². The molecule has 1 saturated heterocycles. The van der Waals surface area contributed by atoms with E-state index in [4.69, 9.17) is 4.74 Å². The third-order valence-electron chi connectivity index (χ3n) is 4.04. The van der Waals surface area contributed by atoms with Gasteiger partial charge in [0.25, 0.3) is 0 Å². The summed E-state index contributed by atoms with van der Waals surface area (Å²) in [5, 5.41) is 4.00. The molecule has 7 heteroatoms. The number of hydrogen-bond acceptors (Lipinski definition) is 4.